The number of nitrogens with zero attached hydrogens (tertiary/aromatic N) is 2. The number of likely N-dealkylation sites (N-methyl/N-ethyl adjacent to an activating group) is 1. The highest BCUT2D eigenvalue weighted by molar-refractivity contribution is 5.14. The van der Waals surface area contributed by atoms with Crippen LogP contribution in [0.4, 0.5) is 0 Å². The molecule has 1 aromatic carbocycles. The molecule has 0 aliphatic carbocycles. The molecular weight excluding hydrogens is 234 g/mol. The Bertz CT molecular complexity index is 352. The van der Waals surface area contributed by atoms with Crippen LogP contribution < -0.4 is 5.73 Å². The molecule has 3 heteroatoms. The summed E-state index contributed by atoms with van der Waals surface area (Å²) in [4.78, 5) is 5.01. The van der Waals surface area contributed by atoms with E-state index in [1.54, 1.807) is 0 Å². The van der Waals surface area contributed by atoms with Crippen LogP contribution in [0.15, 0.2) is 30.3 Å². The third-order valence-electron chi connectivity index (χ3n) is 4.01. The van der Waals surface area contributed by atoms with Gasteiger partial charge in [-0.15, -0.1) is 0 Å². The minimum atomic E-state index is 0.686. The Morgan fingerprint density at radius 3 is 2.79 bits per heavy atom. The van der Waals surface area contributed by atoms with Crippen LogP contribution in [0.5, 0.6) is 0 Å². The Kier molecular flexibility index (Phi) is 5.83. The van der Waals surface area contributed by atoms with Gasteiger partial charge in [-0.2, -0.15) is 0 Å². The van der Waals surface area contributed by atoms with Crippen molar-refractivity contribution in [2.45, 2.75) is 31.8 Å². The molecule has 3 nitrogen and oxygen atoms in total. The summed E-state index contributed by atoms with van der Waals surface area (Å²) in [5.74, 6) is 0. The molecule has 0 radical (unpaired) electrons. The summed E-state index contributed by atoms with van der Waals surface area (Å²) in [5.41, 5.74) is 7.06. The molecule has 1 aromatic rings. The summed E-state index contributed by atoms with van der Waals surface area (Å²) >= 11 is 0. The van der Waals surface area contributed by atoms with Gasteiger partial charge >= 0.3 is 0 Å². The van der Waals surface area contributed by atoms with Crippen molar-refractivity contribution in [3.05, 3.63) is 35.9 Å². The van der Waals surface area contributed by atoms with E-state index in [9.17, 15) is 0 Å². The maximum atomic E-state index is 5.64. The van der Waals surface area contributed by atoms with E-state index >= 15 is 0 Å². The highest BCUT2D eigenvalue weighted by Crippen LogP contribution is 2.20. The van der Waals surface area contributed by atoms with Gasteiger partial charge in [0.25, 0.3) is 0 Å². The largest absolute Gasteiger partial charge is 0.329 e. The Labute approximate surface area is 117 Å². The van der Waals surface area contributed by atoms with Crippen LogP contribution in [0.2, 0.25) is 0 Å². The average molecular weight is 261 g/mol. The minimum Gasteiger partial charge on any atom is -0.329 e. The van der Waals surface area contributed by atoms with Crippen molar-refractivity contribution in [2.24, 2.45) is 5.73 Å². The highest BCUT2D eigenvalue weighted by atomic mass is 15.2. The zero-order valence-corrected chi connectivity index (χ0v) is 12.1. The zero-order chi connectivity index (χ0) is 13.5. The number of benzene rings is 1. The van der Waals surface area contributed by atoms with Gasteiger partial charge in [0.15, 0.2) is 0 Å². The fraction of sp³-hybridized carbons (Fsp3) is 0.625. The Hall–Kier alpha value is -0.900. The monoisotopic (exact) mass is 261 g/mol. The second-order valence-corrected chi connectivity index (χ2v) is 5.66. The van der Waals surface area contributed by atoms with Gasteiger partial charge in [-0.05, 0) is 32.0 Å². The van der Waals surface area contributed by atoms with Crippen LogP contribution in [0.1, 0.15) is 24.8 Å². The van der Waals surface area contributed by atoms with Crippen LogP contribution >= 0.6 is 0 Å². The molecule has 1 aliphatic rings. The Morgan fingerprint density at radius 1 is 1.26 bits per heavy atom. The van der Waals surface area contributed by atoms with Crippen molar-refractivity contribution < 1.29 is 0 Å². The summed E-state index contributed by atoms with van der Waals surface area (Å²) in [7, 11) is 2.18. The molecule has 1 saturated heterocycles. The van der Waals surface area contributed by atoms with Gasteiger partial charge < -0.3 is 10.6 Å². The number of piperidine rings is 1. The first-order valence-corrected chi connectivity index (χ1v) is 7.46. The zero-order valence-electron chi connectivity index (χ0n) is 12.1. The number of likely N-dealkylation sites (tertiary alicyclic amines) is 1. The second-order valence-electron chi connectivity index (χ2n) is 5.66. The van der Waals surface area contributed by atoms with E-state index in [1.807, 2.05) is 0 Å². The molecule has 1 heterocycles. The first kappa shape index (κ1) is 14.5. The number of hydrogen-bond donors (Lipinski definition) is 1. The van der Waals surface area contributed by atoms with Crippen LogP contribution in [0, 0.1) is 0 Å². The highest BCUT2D eigenvalue weighted by Gasteiger charge is 2.23. The first-order chi connectivity index (χ1) is 9.29. The smallest absolute Gasteiger partial charge is 0.0237 e. The molecule has 0 saturated carbocycles. The third kappa shape index (κ3) is 4.60. The second kappa shape index (κ2) is 7.63. The van der Waals surface area contributed by atoms with Crippen LogP contribution in [0.3, 0.4) is 0 Å². The van der Waals surface area contributed by atoms with Crippen LogP contribution in [0.25, 0.3) is 0 Å². The molecule has 2 rings (SSSR count). The molecule has 1 fully saturated rings. The van der Waals surface area contributed by atoms with Gasteiger partial charge in [-0.3, -0.25) is 4.90 Å². The van der Waals surface area contributed by atoms with E-state index < -0.39 is 0 Å². The number of nitrogens with two attached hydrogens (primary N) is 1. The fourth-order valence-corrected chi connectivity index (χ4v) is 2.96. The van der Waals surface area contributed by atoms with E-state index in [0.717, 1.165) is 26.2 Å². The lowest BCUT2D eigenvalue weighted by atomic mass is 10.0. The lowest BCUT2D eigenvalue weighted by molar-refractivity contribution is 0.108. The van der Waals surface area contributed by atoms with E-state index in [4.69, 9.17) is 5.73 Å². The summed E-state index contributed by atoms with van der Waals surface area (Å²) in [6.45, 7) is 5.21. The predicted octanol–water partition coefficient (Wildman–Crippen LogP) is 1.93. The van der Waals surface area contributed by atoms with Crippen molar-refractivity contribution >= 4 is 0 Å². The molecule has 0 aromatic heterocycles. The SMILES string of the molecule is CN(CCN)C[C@H]1CCCCN1Cc1ccccc1. The van der Waals surface area contributed by atoms with E-state index in [-0.39, 0.29) is 0 Å². The van der Waals surface area contributed by atoms with E-state index in [0.29, 0.717) is 6.04 Å². The van der Waals surface area contributed by atoms with Crippen LogP contribution in [-0.2, 0) is 6.54 Å². The Morgan fingerprint density at radius 2 is 2.05 bits per heavy atom. The summed E-state index contributed by atoms with van der Waals surface area (Å²) < 4.78 is 0. The van der Waals surface area contributed by atoms with Crippen molar-refractivity contribution in [3.8, 4) is 0 Å². The molecule has 1 atom stereocenters. The standard InChI is InChI=1S/C16H27N3/c1-18(12-10-17)14-16-9-5-6-11-19(16)13-15-7-3-2-4-8-15/h2-4,7-8,16H,5-6,9-14,17H2,1H3/t16-/m1/s1. The third-order valence-corrected chi connectivity index (χ3v) is 4.01. The van der Waals surface area contributed by atoms with Gasteiger partial charge in [-0.25, -0.2) is 0 Å². The molecule has 0 bridgehead atoms. The molecule has 19 heavy (non-hydrogen) atoms. The topological polar surface area (TPSA) is 32.5 Å². The molecule has 0 spiro atoms. The maximum absolute atomic E-state index is 5.64. The van der Waals surface area contributed by atoms with Crippen LogP contribution in [-0.4, -0.2) is 49.1 Å². The summed E-state index contributed by atoms with van der Waals surface area (Å²) in [6, 6.07) is 11.5. The van der Waals surface area contributed by atoms with Crippen molar-refractivity contribution in [1.29, 1.82) is 0 Å². The molecule has 2 N–H and O–H groups in total. The molecule has 0 amide bonds. The minimum absolute atomic E-state index is 0.686. The normalized spacial score (nSPS) is 20.9. The van der Waals surface area contributed by atoms with E-state index in [1.165, 1.54) is 31.4 Å². The molecule has 0 unspecified atom stereocenters. The van der Waals surface area contributed by atoms with Gasteiger partial charge in [0.2, 0.25) is 0 Å². The molecule has 1 aliphatic heterocycles. The van der Waals surface area contributed by atoms with Crippen molar-refractivity contribution in [1.82, 2.24) is 9.80 Å². The maximum Gasteiger partial charge on any atom is 0.0237 e. The lowest BCUT2D eigenvalue weighted by Gasteiger charge is -2.38. The summed E-state index contributed by atoms with van der Waals surface area (Å²) in [6.07, 6.45) is 4.03. The van der Waals surface area contributed by atoms with Crippen molar-refractivity contribution in [2.75, 3.05) is 33.2 Å². The predicted molar refractivity (Wildman–Crippen MR) is 81.0 cm³/mol. The molecular formula is C16H27N3. The number of hydrogen-bond acceptors (Lipinski definition) is 3. The number of rotatable bonds is 6. The quantitative estimate of drug-likeness (QED) is 0.849. The average Bonchev–Trinajstić information content (AvgIpc) is 2.42. The lowest BCUT2D eigenvalue weighted by Crippen LogP contribution is -2.46. The van der Waals surface area contributed by atoms with Gasteiger partial charge in [0.05, 0.1) is 0 Å². The van der Waals surface area contributed by atoms with Crippen molar-refractivity contribution in [3.63, 3.8) is 0 Å². The molecule has 106 valence electrons. The van der Waals surface area contributed by atoms with Gasteiger partial charge in [0, 0.05) is 32.2 Å². The van der Waals surface area contributed by atoms with E-state index in [2.05, 4.69) is 47.2 Å². The Balaban J connectivity index is 1.92. The fourth-order valence-electron chi connectivity index (χ4n) is 2.96. The summed E-state index contributed by atoms with van der Waals surface area (Å²) in [5, 5.41) is 0. The first-order valence-electron chi connectivity index (χ1n) is 7.46. The van der Waals surface area contributed by atoms with Gasteiger partial charge in [0.1, 0.15) is 0 Å². The van der Waals surface area contributed by atoms with Gasteiger partial charge in [-0.1, -0.05) is 36.8 Å².